The van der Waals surface area contributed by atoms with Crippen LogP contribution in [0.15, 0.2) is 73.1 Å². The fourth-order valence-corrected chi connectivity index (χ4v) is 4.52. The van der Waals surface area contributed by atoms with Crippen molar-refractivity contribution in [1.82, 2.24) is 9.55 Å². The Labute approximate surface area is 177 Å². The molecule has 31 heavy (non-hydrogen) atoms. The Morgan fingerprint density at radius 2 is 1.74 bits per heavy atom. The van der Waals surface area contributed by atoms with E-state index >= 15 is 0 Å². The number of nitrogens with zero attached hydrogens (tertiary/aromatic N) is 2. The molecule has 0 aliphatic heterocycles. The molecule has 0 saturated carbocycles. The molecule has 2 aromatic carbocycles. The van der Waals surface area contributed by atoms with E-state index in [1.54, 1.807) is 47.2 Å². The quantitative estimate of drug-likeness (QED) is 0.459. The summed E-state index contributed by atoms with van der Waals surface area (Å²) in [5.74, 6) is -0.350. The number of aromatic nitrogens is 2. The number of alkyl halides is 3. The minimum absolute atomic E-state index is 0.158. The molecule has 0 fully saturated rings. The summed E-state index contributed by atoms with van der Waals surface area (Å²) in [5.41, 5.74) is 0.781. The van der Waals surface area contributed by atoms with Crippen molar-refractivity contribution in [3.8, 4) is 11.1 Å². The van der Waals surface area contributed by atoms with E-state index in [4.69, 9.17) is 0 Å². The molecule has 0 radical (unpaired) electrons. The van der Waals surface area contributed by atoms with Crippen LogP contribution < -0.4 is 4.72 Å². The molecular formula is C22H18F3N3O2S. The molecule has 0 unspecified atom stereocenters. The lowest BCUT2D eigenvalue weighted by Gasteiger charge is -2.14. The average molecular weight is 445 g/mol. The van der Waals surface area contributed by atoms with Gasteiger partial charge >= 0.3 is 6.18 Å². The van der Waals surface area contributed by atoms with Crippen LogP contribution in [-0.4, -0.2) is 18.0 Å². The van der Waals surface area contributed by atoms with Gasteiger partial charge in [0.25, 0.3) is 0 Å². The van der Waals surface area contributed by atoms with Gasteiger partial charge < -0.3 is 4.57 Å². The highest BCUT2D eigenvalue weighted by molar-refractivity contribution is 7.91. The first-order valence-corrected chi connectivity index (χ1v) is 10.9. The zero-order valence-electron chi connectivity index (χ0n) is 16.4. The van der Waals surface area contributed by atoms with Gasteiger partial charge in [-0.3, -0.25) is 4.72 Å². The van der Waals surface area contributed by atoms with Crippen LogP contribution in [0.4, 0.5) is 18.9 Å². The summed E-state index contributed by atoms with van der Waals surface area (Å²) < 4.78 is 69.7. The third-order valence-corrected chi connectivity index (χ3v) is 6.03. The maximum absolute atomic E-state index is 13.5. The van der Waals surface area contributed by atoms with Gasteiger partial charge in [0.05, 0.1) is 11.3 Å². The van der Waals surface area contributed by atoms with Gasteiger partial charge in [0, 0.05) is 36.1 Å². The molecule has 0 saturated heterocycles. The van der Waals surface area contributed by atoms with Crippen molar-refractivity contribution in [3.63, 3.8) is 0 Å². The molecule has 1 N–H and O–H groups in total. The standard InChI is InChI=1S/C22H18F3N3O2S/c1-28-8-7-16-9-18(13-26-21(16)28)17-10-19(22(23,24)25)12-20(11-17)27-31(29,30)14-15-5-3-2-4-6-15/h2-13,27H,14H2,1H3. The van der Waals surface area contributed by atoms with Crippen molar-refractivity contribution in [2.45, 2.75) is 11.9 Å². The van der Waals surface area contributed by atoms with Gasteiger partial charge in [0.1, 0.15) is 5.65 Å². The number of sulfonamides is 1. The second-order valence-electron chi connectivity index (χ2n) is 7.21. The molecule has 2 heterocycles. The van der Waals surface area contributed by atoms with Crippen LogP contribution in [0.5, 0.6) is 0 Å². The molecule has 4 rings (SSSR count). The molecular weight excluding hydrogens is 427 g/mol. The highest BCUT2D eigenvalue weighted by Crippen LogP contribution is 2.35. The number of hydrogen-bond donors (Lipinski definition) is 1. The Kier molecular flexibility index (Phi) is 5.22. The van der Waals surface area contributed by atoms with Crippen molar-refractivity contribution >= 4 is 26.7 Å². The molecule has 4 aromatic rings. The molecule has 0 bridgehead atoms. The second-order valence-corrected chi connectivity index (χ2v) is 8.93. The topological polar surface area (TPSA) is 64.0 Å². The van der Waals surface area contributed by atoms with Gasteiger partial charge in [-0.25, -0.2) is 13.4 Å². The molecule has 0 amide bonds. The smallest absolute Gasteiger partial charge is 0.336 e. The predicted molar refractivity (Wildman–Crippen MR) is 114 cm³/mol. The number of fused-ring (bicyclic) bond motifs is 1. The van der Waals surface area contributed by atoms with Gasteiger partial charge in [0.15, 0.2) is 0 Å². The van der Waals surface area contributed by atoms with E-state index in [1.807, 2.05) is 13.1 Å². The Morgan fingerprint density at radius 1 is 1.00 bits per heavy atom. The van der Waals surface area contributed by atoms with E-state index in [0.717, 1.165) is 17.5 Å². The predicted octanol–water partition coefficient (Wildman–Crippen LogP) is 5.20. The van der Waals surface area contributed by atoms with Gasteiger partial charge in [-0.2, -0.15) is 13.2 Å². The number of halogens is 3. The highest BCUT2D eigenvalue weighted by Gasteiger charge is 2.31. The zero-order valence-corrected chi connectivity index (χ0v) is 17.2. The lowest BCUT2D eigenvalue weighted by atomic mass is 10.0. The van der Waals surface area contributed by atoms with E-state index in [-0.39, 0.29) is 17.0 Å². The Hall–Kier alpha value is -3.33. The van der Waals surface area contributed by atoms with Crippen molar-refractivity contribution in [3.05, 3.63) is 84.2 Å². The van der Waals surface area contributed by atoms with Gasteiger partial charge in [0.2, 0.25) is 10.0 Å². The Bertz CT molecular complexity index is 1350. The van der Waals surface area contributed by atoms with E-state index < -0.39 is 21.8 Å². The lowest BCUT2D eigenvalue weighted by Crippen LogP contribution is -2.16. The molecule has 0 aliphatic carbocycles. The van der Waals surface area contributed by atoms with Crippen molar-refractivity contribution in [2.75, 3.05) is 4.72 Å². The lowest BCUT2D eigenvalue weighted by molar-refractivity contribution is -0.137. The highest BCUT2D eigenvalue weighted by atomic mass is 32.2. The average Bonchev–Trinajstić information content (AvgIpc) is 3.07. The largest absolute Gasteiger partial charge is 0.416 e. The molecule has 160 valence electrons. The summed E-state index contributed by atoms with van der Waals surface area (Å²) in [6, 6.07) is 15.1. The fourth-order valence-electron chi connectivity index (χ4n) is 3.34. The van der Waals surface area contributed by atoms with Gasteiger partial charge in [-0.1, -0.05) is 30.3 Å². The SMILES string of the molecule is Cn1ccc2cc(-c3cc(NS(=O)(=O)Cc4ccccc4)cc(C(F)(F)F)c3)cnc21. The molecule has 5 nitrogen and oxygen atoms in total. The van der Waals surface area contributed by atoms with Crippen molar-refractivity contribution in [2.24, 2.45) is 7.05 Å². The fraction of sp³-hybridized carbons (Fsp3) is 0.136. The third-order valence-electron chi connectivity index (χ3n) is 4.77. The van der Waals surface area contributed by atoms with Crippen LogP contribution in [0.1, 0.15) is 11.1 Å². The first kappa shape index (κ1) is 20.9. The first-order valence-electron chi connectivity index (χ1n) is 9.29. The van der Waals surface area contributed by atoms with E-state index in [1.165, 1.54) is 12.3 Å². The number of anilines is 1. The normalized spacial score (nSPS) is 12.3. The molecule has 2 aromatic heterocycles. The second kappa shape index (κ2) is 7.73. The number of hydrogen-bond acceptors (Lipinski definition) is 3. The number of pyridine rings is 1. The van der Waals surface area contributed by atoms with Crippen LogP contribution in [0.3, 0.4) is 0 Å². The summed E-state index contributed by atoms with van der Waals surface area (Å²) in [6.07, 6.45) is -1.36. The number of rotatable bonds is 5. The zero-order chi connectivity index (χ0) is 22.2. The van der Waals surface area contributed by atoms with Crippen molar-refractivity contribution < 1.29 is 21.6 Å². The maximum Gasteiger partial charge on any atom is 0.416 e. The Balaban J connectivity index is 1.74. The van der Waals surface area contributed by atoms with Crippen LogP contribution in [0, 0.1) is 0 Å². The van der Waals surface area contributed by atoms with Crippen LogP contribution in [-0.2, 0) is 29.0 Å². The minimum atomic E-state index is -4.64. The molecule has 0 aliphatic rings. The summed E-state index contributed by atoms with van der Waals surface area (Å²) in [4.78, 5) is 4.31. The van der Waals surface area contributed by atoms with Gasteiger partial charge in [-0.15, -0.1) is 0 Å². The summed E-state index contributed by atoms with van der Waals surface area (Å²) in [5, 5.41) is 0.767. The monoisotopic (exact) mass is 445 g/mol. The van der Waals surface area contributed by atoms with Crippen molar-refractivity contribution in [1.29, 1.82) is 0 Å². The molecule has 9 heteroatoms. The summed E-state index contributed by atoms with van der Waals surface area (Å²) >= 11 is 0. The minimum Gasteiger partial charge on any atom is -0.336 e. The van der Waals surface area contributed by atoms with Crippen LogP contribution >= 0.6 is 0 Å². The maximum atomic E-state index is 13.5. The summed E-state index contributed by atoms with van der Waals surface area (Å²) in [6.45, 7) is 0. The molecule has 0 spiro atoms. The van der Waals surface area contributed by atoms with Gasteiger partial charge in [-0.05, 0) is 41.5 Å². The van der Waals surface area contributed by atoms with E-state index in [9.17, 15) is 21.6 Å². The van der Waals surface area contributed by atoms with Crippen LogP contribution in [0.25, 0.3) is 22.2 Å². The number of aryl methyl sites for hydroxylation is 1. The van der Waals surface area contributed by atoms with E-state index in [0.29, 0.717) is 16.8 Å². The molecule has 0 atom stereocenters. The number of benzene rings is 2. The summed E-state index contributed by atoms with van der Waals surface area (Å²) in [7, 11) is -2.10. The Morgan fingerprint density at radius 3 is 2.45 bits per heavy atom. The van der Waals surface area contributed by atoms with Crippen LogP contribution in [0.2, 0.25) is 0 Å². The first-order chi connectivity index (χ1) is 14.6. The third kappa shape index (κ3) is 4.72. The number of nitrogens with one attached hydrogen (secondary N) is 1. The van der Waals surface area contributed by atoms with E-state index in [2.05, 4.69) is 9.71 Å².